The topological polar surface area (TPSA) is 97.0 Å². The van der Waals surface area contributed by atoms with Crippen LogP contribution in [-0.2, 0) is 11.2 Å². The number of nitrogens with zero attached hydrogens (tertiary/aromatic N) is 3. The summed E-state index contributed by atoms with van der Waals surface area (Å²) >= 11 is 1.33. The highest BCUT2D eigenvalue weighted by Gasteiger charge is 2.30. The van der Waals surface area contributed by atoms with Gasteiger partial charge in [-0.3, -0.25) is 14.9 Å². The van der Waals surface area contributed by atoms with Crippen LogP contribution < -0.4 is 5.32 Å². The van der Waals surface area contributed by atoms with Crippen molar-refractivity contribution < 1.29 is 9.72 Å². The fourth-order valence-corrected chi connectivity index (χ4v) is 3.40. The number of thioether (sulfide) groups is 1. The Labute approximate surface area is 154 Å². The Morgan fingerprint density at radius 2 is 2.00 bits per heavy atom. The van der Waals surface area contributed by atoms with Gasteiger partial charge < -0.3 is 5.32 Å². The summed E-state index contributed by atoms with van der Waals surface area (Å²) in [6.45, 7) is 1.71. The summed E-state index contributed by atoms with van der Waals surface area (Å²) in [5, 5.41) is 21.9. The molecule has 1 aliphatic heterocycles. The van der Waals surface area contributed by atoms with Crippen molar-refractivity contribution in [2.75, 3.05) is 0 Å². The molecule has 0 aliphatic carbocycles. The first-order valence-corrected chi connectivity index (χ1v) is 8.79. The van der Waals surface area contributed by atoms with Gasteiger partial charge in [0.1, 0.15) is 0 Å². The van der Waals surface area contributed by atoms with E-state index in [1.165, 1.54) is 23.9 Å². The molecule has 1 saturated heterocycles. The minimum atomic E-state index is -0.454. The molecule has 7 nitrogen and oxygen atoms in total. The summed E-state index contributed by atoms with van der Waals surface area (Å²) in [6.07, 6.45) is 0.615. The molecule has 2 aromatic carbocycles. The zero-order valence-corrected chi connectivity index (χ0v) is 14.8. The Balaban J connectivity index is 1.70. The molecule has 1 fully saturated rings. The molecule has 1 atom stereocenters. The van der Waals surface area contributed by atoms with Crippen LogP contribution in [0.3, 0.4) is 0 Å². The molecular formula is C18H16N4O3S. The molecular weight excluding hydrogens is 352 g/mol. The quantitative estimate of drug-likeness (QED) is 0.498. The summed E-state index contributed by atoms with van der Waals surface area (Å²) in [4.78, 5) is 22.5. The zero-order valence-electron chi connectivity index (χ0n) is 14.0. The largest absolute Gasteiger partial charge is 0.303 e. The molecule has 132 valence electrons. The number of rotatable bonds is 5. The van der Waals surface area contributed by atoms with Gasteiger partial charge in [-0.05, 0) is 18.9 Å². The van der Waals surface area contributed by atoms with Crippen molar-refractivity contribution in [2.45, 2.75) is 18.6 Å². The van der Waals surface area contributed by atoms with Crippen molar-refractivity contribution in [3.05, 3.63) is 75.8 Å². The Bertz CT molecular complexity index is 896. The first kappa shape index (κ1) is 17.8. The monoisotopic (exact) mass is 368 g/mol. The average molecular weight is 368 g/mol. The molecule has 0 aromatic heterocycles. The van der Waals surface area contributed by atoms with E-state index in [1.54, 1.807) is 19.1 Å². The lowest BCUT2D eigenvalue weighted by Gasteiger charge is -2.04. The van der Waals surface area contributed by atoms with Gasteiger partial charge in [-0.2, -0.15) is 5.10 Å². The van der Waals surface area contributed by atoms with Gasteiger partial charge in [0.2, 0.25) is 5.91 Å². The molecule has 8 heteroatoms. The van der Waals surface area contributed by atoms with Crippen LogP contribution in [0.25, 0.3) is 0 Å². The normalized spacial score (nSPS) is 18.8. The van der Waals surface area contributed by atoms with Gasteiger partial charge in [0.05, 0.1) is 15.9 Å². The highest BCUT2D eigenvalue weighted by Crippen LogP contribution is 2.23. The van der Waals surface area contributed by atoms with Crippen LogP contribution in [0.2, 0.25) is 0 Å². The number of amidine groups is 1. The van der Waals surface area contributed by atoms with Gasteiger partial charge in [0, 0.05) is 17.7 Å². The van der Waals surface area contributed by atoms with Crippen molar-refractivity contribution >= 4 is 34.2 Å². The van der Waals surface area contributed by atoms with E-state index in [0.717, 1.165) is 5.56 Å². The van der Waals surface area contributed by atoms with E-state index >= 15 is 0 Å². The number of benzene rings is 2. The number of amides is 1. The van der Waals surface area contributed by atoms with Crippen molar-refractivity contribution in [1.29, 1.82) is 0 Å². The second-order valence-corrected chi connectivity index (χ2v) is 6.87. The smallest absolute Gasteiger partial charge is 0.270 e. The van der Waals surface area contributed by atoms with Crippen LogP contribution in [0.5, 0.6) is 0 Å². The molecule has 1 unspecified atom stereocenters. The molecule has 1 heterocycles. The first-order chi connectivity index (χ1) is 12.5. The van der Waals surface area contributed by atoms with E-state index in [-0.39, 0.29) is 16.8 Å². The van der Waals surface area contributed by atoms with E-state index in [1.807, 2.05) is 30.3 Å². The Morgan fingerprint density at radius 3 is 2.73 bits per heavy atom. The standard InChI is InChI=1S/C18H16N4O3S/c1-12(14-8-5-9-15(11-14)22(24)25)20-21-18-19-17(23)16(26-18)10-13-6-3-2-4-7-13/h2-9,11,16H,10H2,1H3,(H,19,21,23). The molecule has 0 saturated carbocycles. The van der Waals surface area contributed by atoms with Crippen LogP contribution >= 0.6 is 11.8 Å². The van der Waals surface area contributed by atoms with Gasteiger partial charge in [0.15, 0.2) is 5.17 Å². The lowest BCUT2D eigenvalue weighted by Crippen LogP contribution is -2.25. The van der Waals surface area contributed by atoms with E-state index in [9.17, 15) is 14.9 Å². The molecule has 2 aromatic rings. The van der Waals surface area contributed by atoms with Gasteiger partial charge in [-0.15, -0.1) is 5.10 Å². The predicted octanol–water partition coefficient (Wildman–Crippen LogP) is 3.15. The summed E-state index contributed by atoms with van der Waals surface area (Å²) in [5.41, 5.74) is 2.22. The lowest BCUT2D eigenvalue weighted by atomic mass is 10.1. The summed E-state index contributed by atoms with van der Waals surface area (Å²) in [7, 11) is 0. The third kappa shape index (κ3) is 4.34. The number of nitro benzene ring substituents is 1. The maximum absolute atomic E-state index is 12.1. The third-order valence-electron chi connectivity index (χ3n) is 3.81. The first-order valence-electron chi connectivity index (χ1n) is 7.91. The second-order valence-electron chi connectivity index (χ2n) is 5.68. The molecule has 0 radical (unpaired) electrons. The van der Waals surface area contributed by atoms with E-state index < -0.39 is 4.92 Å². The lowest BCUT2D eigenvalue weighted by molar-refractivity contribution is -0.384. The Kier molecular flexibility index (Phi) is 5.43. The Morgan fingerprint density at radius 1 is 1.23 bits per heavy atom. The molecule has 1 aliphatic rings. The minimum absolute atomic E-state index is 0.00354. The van der Waals surface area contributed by atoms with Crippen LogP contribution in [0, 0.1) is 10.1 Å². The van der Waals surface area contributed by atoms with Gasteiger partial charge in [0.25, 0.3) is 5.69 Å². The summed E-state index contributed by atoms with van der Waals surface area (Å²) in [5.74, 6) is -0.0965. The SMILES string of the molecule is CC(=NN=C1NC(=O)C(Cc2ccccc2)S1)c1cccc([N+](=O)[O-])c1. The molecule has 1 amide bonds. The summed E-state index contributed by atoms with van der Waals surface area (Å²) in [6, 6.07) is 16.0. The van der Waals surface area contributed by atoms with Gasteiger partial charge >= 0.3 is 0 Å². The molecule has 26 heavy (non-hydrogen) atoms. The molecule has 0 spiro atoms. The number of carbonyl (C=O) groups is 1. The van der Waals surface area contributed by atoms with Gasteiger partial charge in [-0.1, -0.05) is 54.2 Å². The van der Waals surface area contributed by atoms with Crippen LogP contribution in [0.1, 0.15) is 18.1 Å². The molecule has 1 N–H and O–H groups in total. The zero-order chi connectivity index (χ0) is 18.5. The highest BCUT2D eigenvalue weighted by atomic mass is 32.2. The van der Waals surface area contributed by atoms with Crippen molar-refractivity contribution in [2.24, 2.45) is 10.2 Å². The number of nitro groups is 1. The fraction of sp³-hybridized carbons (Fsp3) is 0.167. The van der Waals surface area contributed by atoms with Gasteiger partial charge in [-0.25, -0.2) is 0 Å². The average Bonchev–Trinajstić information content (AvgIpc) is 3.00. The number of carbonyl (C=O) groups excluding carboxylic acids is 1. The number of hydrogen-bond donors (Lipinski definition) is 1. The van der Waals surface area contributed by atoms with Crippen molar-refractivity contribution in [1.82, 2.24) is 5.32 Å². The van der Waals surface area contributed by atoms with Crippen molar-refractivity contribution in [3.63, 3.8) is 0 Å². The van der Waals surface area contributed by atoms with Crippen molar-refractivity contribution in [3.8, 4) is 0 Å². The summed E-state index contributed by atoms with van der Waals surface area (Å²) < 4.78 is 0. The van der Waals surface area contributed by atoms with Crippen LogP contribution in [-0.4, -0.2) is 27.0 Å². The van der Waals surface area contributed by atoms with Crippen LogP contribution in [0.15, 0.2) is 64.8 Å². The predicted molar refractivity (Wildman–Crippen MR) is 102 cm³/mol. The van der Waals surface area contributed by atoms with E-state index in [0.29, 0.717) is 22.9 Å². The second kappa shape index (κ2) is 7.92. The minimum Gasteiger partial charge on any atom is -0.303 e. The van der Waals surface area contributed by atoms with E-state index in [2.05, 4.69) is 15.5 Å². The van der Waals surface area contributed by atoms with Crippen LogP contribution in [0.4, 0.5) is 5.69 Å². The third-order valence-corrected chi connectivity index (χ3v) is 4.88. The fourth-order valence-electron chi connectivity index (χ4n) is 2.44. The number of hydrogen-bond acceptors (Lipinski definition) is 6. The molecule has 3 rings (SSSR count). The maximum atomic E-state index is 12.1. The number of nitrogens with one attached hydrogen (secondary N) is 1. The number of non-ortho nitro benzene ring substituents is 1. The highest BCUT2D eigenvalue weighted by molar-refractivity contribution is 8.15. The Hall–Kier alpha value is -3.00. The maximum Gasteiger partial charge on any atom is 0.270 e. The molecule has 0 bridgehead atoms. The van der Waals surface area contributed by atoms with E-state index in [4.69, 9.17) is 0 Å².